The van der Waals surface area contributed by atoms with Crippen LogP contribution < -0.4 is 0 Å². The van der Waals surface area contributed by atoms with Gasteiger partial charge in [-0.2, -0.15) is 0 Å². The maximum atomic E-state index is 12.4. The van der Waals surface area contributed by atoms with Gasteiger partial charge in [0.05, 0.1) is 6.04 Å². The largest absolute Gasteiger partial charge is 0.342 e. The standard InChI is InChI=1S/C6H10FNO/c1-8(4-9)6-3-2-5(6)7/h4-6H,2-3H2,1H3. The Kier molecular flexibility index (Phi) is 1.69. The van der Waals surface area contributed by atoms with Gasteiger partial charge >= 0.3 is 0 Å². The van der Waals surface area contributed by atoms with Gasteiger partial charge in [-0.05, 0) is 12.8 Å². The Hall–Kier alpha value is -0.600. The fourth-order valence-corrected chi connectivity index (χ4v) is 0.979. The van der Waals surface area contributed by atoms with Gasteiger partial charge in [-0.1, -0.05) is 0 Å². The summed E-state index contributed by atoms with van der Waals surface area (Å²) in [7, 11) is 1.61. The van der Waals surface area contributed by atoms with E-state index in [0.29, 0.717) is 12.8 Å². The molecule has 1 aliphatic rings. The van der Waals surface area contributed by atoms with Crippen molar-refractivity contribution in [2.24, 2.45) is 0 Å². The van der Waals surface area contributed by atoms with E-state index in [1.54, 1.807) is 7.05 Å². The van der Waals surface area contributed by atoms with Gasteiger partial charge < -0.3 is 4.90 Å². The maximum absolute atomic E-state index is 12.4. The summed E-state index contributed by atoms with van der Waals surface area (Å²) >= 11 is 0. The molecule has 52 valence electrons. The van der Waals surface area contributed by atoms with Crippen LogP contribution in [-0.2, 0) is 4.79 Å². The number of halogens is 1. The SMILES string of the molecule is CN(C=O)C1CCC1F. The Morgan fingerprint density at radius 3 is 2.44 bits per heavy atom. The van der Waals surface area contributed by atoms with Crippen molar-refractivity contribution in [2.75, 3.05) is 7.05 Å². The van der Waals surface area contributed by atoms with Crippen molar-refractivity contribution in [1.29, 1.82) is 0 Å². The number of nitrogens with zero attached hydrogens (tertiary/aromatic N) is 1. The van der Waals surface area contributed by atoms with Gasteiger partial charge in [-0.3, -0.25) is 4.79 Å². The molecule has 0 aromatic carbocycles. The summed E-state index contributed by atoms with van der Waals surface area (Å²) < 4.78 is 12.4. The zero-order valence-corrected chi connectivity index (χ0v) is 5.38. The van der Waals surface area contributed by atoms with Crippen LogP contribution in [0.1, 0.15) is 12.8 Å². The van der Waals surface area contributed by atoms with Gasteiger partial charge in [-0.25, -0.2) is 4.39 Å². The van der Waals surface area contributed by atoms with Crippen LogP contribution >= 0.6 is 0 Å². The van der Waals surface area contributed by atoms with Crippen LogP contribution in [-0.4, -0.2) is 30.6 Å². The molecule has 9 heavy (non-hydrogen) atoms. The third-order valence-corrected chi connectivity index (χ3v) is 1.85. The summed E-state index contributed by atoms with van der Waals surface area (Å²) in [5.74, 6) is 0. The van der Waals surface area contributed by atoms with Crippen molar-refractivity contribution < 1.29 is 9.18 Å². The Balaban J connectivity index is 2.34. The molecule has 1 amide bonds. The quantitative estimate of drug-likeness (QED) is 0.502. The molecule has 0 aliphatic heterocycles. The van der Waals surface area contributed by atoms with Gasteiger partial charge in [0.1, 0.15) is 6.17 Å². The summed E-state index contributed by atoms with van der Waals surface area (Å²) in [5.41, 5.74) is 0. The number of rotatable bonds is 2. The average Bonchev–Trinajstić information content (AvgIpc) is 1.84. The van der Waals surface area contributed by atoms with E-state index in [-0.39, 0.29) is 6.04 Å². The average molecular weight is 131 g/mol. The van der Waals surface area contributed by atoms with Gasteiger partial charge in [0.2, 0.25) is 6.41 Å². The number of hydrogen-bond donors (Lipinski definition) is 0. The third kappa shape index (κ3) is 1.04. The zero-order chi connectivity index (χ0) is 6.85. The van der Waals surface area contributed by atoms with Crippen molar-refractivity contribution in [3.8, 4) is 0 Å². The van der Waals surface area contributed by atoms with Crippen molar-refractivity contribution >= 4 is 6.41 Å². The van der Waals surface area contributed by atoms with E-state index in [0.717, 1.165) is 6.42 Å². The smallest absolute Gasteiger partial charge is 0.209 e. The van der Waals surface area contributed by atoms with Crippen molar-refractivity contribution in [3.63, 3.8) is 0 Å². The first-order chi connectivity index (χ1) is 4.25. The minimum absolute atomic E-state index is 0.137. The van der Waals surface area contributed by atoms with Gasteiger partial charge in [0.15, 0.2) is 0 Å². The molecule has 0 radical (unpaired) electrons. The zero-order valence-electron chi connectivity index (χ0n) is 5.38. The number of amides is 1. The molecule has 2 nitrogen and oxygen atoms in total. The molecule has 0 saturated heterocycles. The van der Waals surface area contributed by atoms with E-state index in [4.69, 9.17) is 0 Å². The molecule has 0 bridgehead atoms. The topological polar surface area (TPSA) is 20.3 Å². The van der Waals surface area contributed by atoms with E-state index in [2.05, 4.69) is 0 Å². The fraction of sp³-hybridized carbons (Fsp3) is 0.833. The molecule has 1 rings (SSSR count). The van der Waals surface area contributed by atoms with Gasteiger partial charge in [-0.15, -0.1) is 0 Å². The lowest BCUT2D eigenvalue weighted by Crippen LogP contribution is -2.45. The highest BCUT2D eigenvalue weighted by atomic mass is 19.1. The Morgan fingerprint density at radius 2 is 2.33 bits per heavy atom. The van der Waals surface area contributed by atoms with Gasteiger partial charge in [0, 0.05) is 7.05 Å². The van der Waals surface area contributed by atoms with Gasteiger partial charge in [0.25, 0.3) is 0 Å². The van der Waals surface area contributed by atoms with Crippen LogP contribution in [0.25, 0.3) is 0 Å². The molecule has 2 unspecified atom stereocenters. The number of carbonyl (C=O) groups is 1. The minimum Gasteiger partial charge on any atom is -0.342 e. The number of alkyl halides is 1. The third-order valence-electron chi connectivity index (χ3n) is 1.85. The second-order valence-electron chi connectivity index (χ2n) is 2.43. The lowest BCUT2D eigenvalue weighted by atomic mass is 9.90. The molecular weight excluding hydrogens is 121 g/mol. The fourth-order valence-electron chi connectivity index (χ4n) is 0.979. The minimum atomic E-state index is -0.778. The molecular formula is C6H10FNO. The van der Waals surface area contributed by atoms with Crippen LogP contribution in [0.5, 0.6) is 0 Å². The van der Waals surface area contributed by atoms with Crippen LogP contribution in [0.15, 0.2) is 0 Å². The first kappa shape index (κ1) is 6.52. The van der Waals surface area contributed by atoms with E-state index in [9.17, 15) is 9.18 Å². The first-order valence-electron chi connectivity index (χ1n) is 3.07. The van der Waals surface area contributed by atoms with Crippen LogP contribution in [0.2, 0.25) is 0 Å². The molecule has 0 aromatic heterocycles. The lowest BCUT2D eigenvalue weighted by Gasteiger charge is -2.35. The van der Waals surface area contributed by atoms with E-state index < -0.39 is 6.17 Å². The summed E-state index contributed by atoms with van der Waals surface area (Å²) in [5, 5.41) is 0. The van der Waals surface area contributed by atoms with Crippen LogP contribution in [0, 0.1) is 0 Å². The molecule has 1 fully saturated rings. The van der Waals surface area contributed by atoms with Crippen molar-refractivity contribution in [2.45, 2.75) is 25.1 Å². The first-order valence-corrected chi connectivity index (χ1v) is 3.07. The summed E-state index contributed by atoms with van der Waals surface area (Å²) in [6.45, 7) is 0. The highest BCUT2D eigenvalue weighted by Gasteiger charge is 2.33. The van der Waals surface area contributed by atoms with Crippen molar-refractivity contribution in [3.05, 3.63) is 0 Å². The van der Waals surface area contributed by atoms with E-state index in [1.165, 1.54) is 4.90 Å². The molecule has 0 spiro atoms. The Labute approximate surface area is 53.6 Å². The van der Waals surface area contributed by atoms with Crippen LogP contribution in [0.4, 0.5) is 4.39 Å². The molecule has 3 heteroatoms. The van der Waals surface area contributed by atoms with Crippen LogP contribution in [0.3, 0.4) is 0 Å². The maximum Gasteiger partial charge on any atom is 0.209 e. The predicted octanol–water partition coefficient (Wildman–Crippen LogP) is 0.575. The molecule has 0 heterocycles. The molecule has 0 N–H and O–H groups in total. The summed E-state index contributed by atoms with van der Waals surface area (Å²) in [6, 6.07) is -0.137. The molecule has 0 aromatic rings. The Bertz CT molecular complexity index is 118. The highest BCUT2D eigenvalue weighted by Crippen LogP contribution is 2.26. The monoisotopic (exact) mass is 131 g/mol. The highest BCUT2D eigenvalue weighted by molar-refractivity contribution is 5.47. The summed E-state index contributed by atoms with van der Waals surface area (Å²) in [6.07, 6.45) is 1.33. The number of hydrogen-bond acceptors (Lipinski definition) is 1. The van der Waals surface area contributed by atoms with E-state index in [1.807, 2.05) is 0 Å². The lowest BCUT2D eigenvalue weighted by molar-refractivity contribution is -0.122. The molecule has 1 saturated carbocycles. The molecule has 2 atom stereocenters. The number of carbonyl (C=O) groups excluding carboxylic acids is 1. The summed E-state index contributed by atoms with van der Waals surface area (Å²) in [4.78, 5) is 11.4. The Morgan fingerprint density at radius 1 is 1.67 bits per heavy atom. The predicted molar refractivity (Wildman–Crippen MR) is 31.7 cm³/mol. The second kappa shape index (κ2) is 2.33. The molecule has 1 aliphatic carbocycles. The van der Waals surface area contributed by atoms with Crippen molar-refractivity contribution in [1.82, 2.24) is 4.90 Å². The van der Waals surface area contributed by atoms with E-state index >= 15 is 0 Å². The second-order valence-corrected chi connectivity index (χ2v) is 2.43. The normalized spacial score (nSPS) is 33.1.